The average Bonchev–Trinajstić information content (AvgIpc) is 2.80. The fraction of sp³-hybridized carbons (Fsp3) is 0.474. The molecule has 0 aliphatic carbocycles. The zero-order valence-electron chi connectivity index (χ0n) is 16.8. The maximum atomic E-state index is 12.9. The van der Waals surface area contributed by atoms with Crippen LogP contribution in [0.5, 0.6) is 0 Å². The summed E-state index contributed by atoms with van der Waals surface area (Å²) in [7, 11) is 0. The molecule has 1 aromatic rings. The second kappa shape index (κ2) is 7.93. The molecular weight excluding hydrogens is 421 g/mol. The summed E-state index contributed by atoms with van der Waals surface area (Å²) in [5.41, 5.74) is -1.84. The normalized spacial score (nSPS) is 18.2. The van der Waals surface area contributed by atoms with E-state index in [4.69, 9.17) is 27.9 Å². The third-order valence-corrected chi connectivity index (χ3v) is 4.91. The van der Waals surface area contributed by atoms with E-state index in [0.29, 0.717) is 10.7 Å². The predicted octanol–water partition coefficient (Wildman–Crippen LogP) is 3.13. The zero-order chi connectivity index (χ0) is 22.2. The quantitative estimate of drug-likeness (QED) is 0.399. The number of ketones is 1. The van der Waals surface area contributed by atoms with Gasteiger partial charge in [-0.2, -0.15) is 0 Å². The highest BCUT2D eigenvalue weighted by Gasteiger charge is 2.52. The summed E-state index contributed by atoms with van der Waals surface area (Å²) in [5, 5.41) is 2.97. The van der Waals surface area contributed by atoms with Crippen LogP contribution in [0.3, 0.4) is 0 Å². The fourth-order valence-electron chi connectivity index (χ4n) is 2.55. The maximum absolute atomic E-state index is 12.9. The van der Waals surface area contributed by atoms with Crippen LogP contribution in [0.2, 0.25) is 5.02 Å². The number of imide groups is 1. The molecule has 1 heterocycles. The molecule has 2 rings (SSSR count). The van der Waals surface area contributed by atoms with Crippen molar-refractivity contribution in [1.29, 1.82) is 0 Å². The largest absolute Gasteiger partial charge is 0.326 e. The maximum Gasteiger partial charge on any atom is 0.326 e. The lowest BCUT2D eigenvalue weighted by atomic mass is 9.87. The molecule has 0 spiro atoms. The molecule has 4 amide bonds. The van der Waals surface area contributed by atoms with Gasteiger partial charge < -0.3 is 15.4 Å². The van der Waals surface area contributed by atoms with Crippen LogP contribution in [-0.2, 0) is 19.1 Å². The lowest BCUT2D eigenvalue weighted by Crippen LogP contribution is -2.54. The number of nitrogens with zero attached hydrogens (tertiary/aromatic N) is 1. The number of hydrogen-bond donors (Lipinski definition) is 2. The molecule has 29 heavy (non-hydrogen) atoms. The molecule has 1 atom stereocenters. The minimum absolute atomic E-state index is 0.339. The number of carbonyl (C=O) groups excluding carboxylic acids is 4. The SMILES string of the molecule is CC(C)(C)C(=O)C(Cl)(OCN1C(=O)NC(C)(C)C1=O)C(=O)Nc1ccc(Cl)cc1. The van der Waals surface area contributed by atoms with Gasteiger partial charge in [-0.25, -0.2) is 9.69 Å². The van der Waals surface area contributed by atoms with Crippen molar-refractivity contribution in [2.75, 3.05) is 12.0 Å². The van der Waals surface area contributed by atoms with Gasteiger partial charge in [-0.15, -0.1) is 0 Å². The van der Waals surface area contributed by atoms with E-state index in [-0.39, 0.29) is 0 Å². The number of nitrogens with one attached hydrogen (secondary N) is 2. The van der Waals surface area contributed by atoms with Crippen LogP contribution in [0.1, 0.15) is 34.6 Å². The van der Waals surface area contributed by atoms with Crippen molar-refractivity contribution in [3.05, 3.63) is 29.3 Å². The summed E-state index contributed by atoms with van der Waals surface area (Å²) < 4.78 is 5.42. The van der Waals surface area contributed by atoms with Crippen molar-refractivity contribution in [2.24, 2.45) is 5.41 Å². The molecule has 1 aliphatic heterocycles. The van der Waals surface area contributed by atoms with E-state index in [9.17, 15) is 19.2 Å². The Morgan fingerprint density at radius 3 is 2.17 bits per heavy atom. The Hall–Kier alpha value is -2.16. The van der Waals surface area contributed by atoms with Gasteiger partial charge in [-0.3, -0.25) is 14.4 Å². The number of rotatable bonds is 6. The number of alkyl halides is 1. The zero-order valence-corrected chi connectivity index (χ0v) is 18.3. The van der Waals surface area contributed by atoms with Crippen LogP contribution in [-0.4, -0.2) is 45.9 Å². The topological polar surface area (TPSA) is 105 Å². The number of hydrogen-bond acceptors (Lipinski definition) is 5. The van der Waals surface area contributed by atoms with Crippen LogP contribution < -0.4 is 10.6 Å². The molecule has 158 valence electrons. The van der Waals surface area contributed by atoms with Gasteiger partial charge in [0.25, 0.3) is 16.9 Å². The molecule has 1 aliphatic rings. The number of urea groups is 1. The summed E-state index contributed by atoms with van der Waals surface area (Å²) >= 11 is 12.2. The van der Waals surface area contributed by atoms with Crippen molar-refractivity contribution in [3.63, 3.8) is 0 Å². The smallest absolute Gasteiger partial charge is 0.324 e. The number of carbonyl (C=O) groups is 4. The number of halogens is 2. The van der Waals surface area contributed by atoms with Crippen LogP contribution in [0, 0.1) is 5.41 Å². The molecular formula is C19H23Cl2N3O5. The standard InChI is InChI=1S/C19H23Cl2N3O5/c1-17(2,3)13(25)19(21,14(26)22-12-8-6-11(20)7-9-12)29-10-24-15(27)18(4,5)23-16(24)28/h6-9H,10H2,1-5H3,(H,22,26)(H,23,28). The minimum Gasteiger partial charge on any atom is -0.324 e. The summed E-state index contributed by atoms with van der Waals surface area (Å²) in [4.78, 5) is 50.9. The van der Waals surface area contributed by atoms with Gasteiger partial charge in [0.1, 0.15) is 12.3 Å². The van der Waals surface area contributed by atoms with E-state index in [2.05, 4.69) is 10.6 Å². The summed E-state index contributed by atoms with van der Waals surface area (Å²) in [6.07, 6.45) is 0. The Morgan fingerprint density at radius 2 is 1.72 bits per heavy atom. The molecule has 1 fully saturated rings. The molecule has 0 radical (unpaired) electrons. The van der Waals surface area contributed by atoms with Crippen LogP contribution in [0.4, 0.5) is 10.5 Å². The van der Waals surface area contributed by atoms with Crippen molar-refractivity contribution >= 4 is 52.5 Å². The molecule has 1 aromatic carbocycles. The van der Waals surface area contributed by atoms with Gasteiger partial charge in [-0.1, -0.05) is 44.0 Å². The van der Waals surface area contributed by atoms with E-state index >= 15 is 0 Å². The van der Waals surface area contributed by atoms with Gasteiger partial charge in [0.05, 0.1) is 0 Å². The van der Waals surface area contributed by atoms with Crippen molar-refractivity contribution in [3.8, 4) is 0 Å². The number of amides is 4. The molecule has 1 saturated heterocycles. The molecule has 0 bridgehead atoms. The number of ether oxygens (including phenoxy) is 1. The molecule has 2 N–H and O–H groups in total. The molecule has 0 saturated carbocycles. The second-order valence-electron chi connectivity index (χ2n) is 8.20. The first-order valence-corrected chi connectivity index (χ1v) is 9.53. The number of anilines is 1. The Morgan fingerprint density at radius 1 is 1.17 bits per heavy atom. The fourth-order valence-corrected chi connectivity index (χ4v) is 3.06. The van der Waals surface area contributed by atoms with Gasteiger partial charge in [0, 0.05) is 16.1 Å². The first kappa shape index (κ1) is 23.1. The van der Waals surface area contributed by atoms with Gasteiger partial charge >= 0.3 is 6.03 Å². The highest BCUT2D eigenvalue weighted by atomic mass is 35.5. The first-order chi connectivity index (χ1) is 13.2. The van der Waals surface area contributed by atoms with E-state index in [1.54, 1.807) is 32.9 Å². The second-order valence-corrected chi connectivity index (χ2v) is 9.17. The summed E-state index contributed by atoms with van der Waals surface area (Å²) in [6.45, 7) is 7.09. The molecule has 0 aromatic heterocycles. The average molecular weight is 444 g/mol. The van der Waals surface area contributed by atoms with Crippen molar-refractivity contribution in [2.45, 2.75) is 45.2 Å². The predicted molar refractivity (Wildman–Crippen MR) is 109 cm³/mol. The van der Waals surface area contributed by atoms with Crippen LogP contribution in [0.15, 0.2) is 24.3 Å². The Balaban J connectivity index is 2.27. The van der Waals surface area contributed by atoms with E-state index < -0.39 is 46.4 Å². The highest BCUT2D eigenvalue weighted by Crippen LogP contribution is 2.32. The summed E-state index contributed by atoms with van der Waals surface area (Å²) in [6, 6.07) is 5.45. The van der Waals surface area contributed by atoms with Crippen LogP contribution in [0.25, 0.3) is 0 Å². The Bertz CT molecular complexity index is 848. The summed E-state index contributed by atoms with van der Waals surface area (Å²) in [5.74, 6) is -2.25. The third kappa shape index (κ3) is 4.88. The van der Waals surface area contributed by atoms with Gasteiger partial charge in [0.2, 0.25) is 0 Å². The van der Waals surface area contributed by atoms with Crippen molar-refractivity contribution in [1.82, 2.24) is 10.2 Å². The monoisotopic (exact) mass is 443 g/mol. The Labute approximate surface area is 178 Å². The van der Waals surface area contributed by atoms with Gasteiger partial charge in [-0.05, 0) is 38.1 Å². The molecule has 8 nitrogen and oxygen atoms in total. The highest BCUT2D eigenvalue weighted by molar-refractivity contribution is 6.47. The lowest BCUT2D eigenvalue weighted by Gasteiger charge is -2.31. The minimum atomic E-state index is -2.47. The third-order valence-electron chi connectivity index (χ3n) is 4.20. The molecule has 1 unspecified atom stereocenters. The van der Waals surface area contributed by atoms with E-state index in [0.717, 1.165) is 4.90 Å². The number of Topliss-reactive ketones (excluding diaryl/α,β-unsaturated/α-hetero) is 1. The first-order valence-electron chi connectivity index (χ1n) is 8.77. The van der Waals surface area contributed by atoms with Crippen molar-refractivity contribution < 1.29 is 23.9 Å². The van der Waals surface area contributed by atoms with Crippen LogP contribution >= 0.6 is 23.2 Å². The molecule has 10 heteroatoms. The van der Waals surface area contributed by atoms with E-state index in [1.165, 1.54) is 26.0 Å². The lowest BCUT2D eigenvalue weighted by molar-refractivity contribution is -0.157. The number of benzene rings is 1. The Kier molecular flexibility index (Phi) is 6.32. The van der Waals surface area contributed by atoms with E-state index in [1.807, 2.05) is 0 Å². The van der Waals surface area contributed by atoms with Gasteiger partial charge in [0.15, 0.2) is 5.78 Å².